The largest absolute Gasteiger partial charge is 0.424 e. The summed E-state index contributed by atoms with van der Waals surface area (Å²) in [5.41, 5.74) is -1.65. The Balaban J connectivity index is 2.78. The van der Waals surface area contributed by atoms with Crippen LogP contribution in [0.15, 0.2) is 0 Å². The minimum Gasteiger partial charge on any atom is -0.424 e. The van der Waals surface area contributed by atoms with Crippen LogP contribution >= 0.6 is 0 Å². The number of hydrogen-bond acceptors (Lipinski definition) is 5. The van der Waals surface area contributed by atoms with Crippen LogP contribution in [0.3, 0.4) is 0 Å². The number of cyclic esters (lactones) is 1. The van der Waals surface area contributed by atoms with Gasteiger partial charge in [0.1, 0.15) is 0 Å². The average molecular weight is 244 g/mol. The molecule has 0 unspecified atom stereocenters. The van der Waals surface area contributed by atoms with E-state index in [2.05, 4.69) is 0 Å². The molecular weight excluding hydrogens is 224 g/mol. The molecule has 1 heterocycles. The van der Waals surface area contributed by atoms with Gasteiger partial charge in [0.2, 0.25) is 0 Å². The Morgan fingerprint density at radius 3 is 2.41 bits per heavy atom. The molecule has 5 nitrogen and oxygen atoms in total. The van der Waals surface area contributed by atoms with Crippen molar-refractivity contribution in [2.24, 2.45) is 16.7 Å². The van der Waals surface area contributed by atoms with Gasteiger partial charge < -0.3 is 14.6 Å². The Bertz CT molecular complexity index is 330. The van der Waals surface area contributed by atoms with Gasteiger partial charge in [0.25, 0.3) is 6.29 Å². The molecule has 1 N–H and O–H groups in total. The molecule has 0 amide bonds. The first kappa shape index (κ1) is 14.0. The zero-order valence-corrected chi connectivity index (χ0v) is 10.9. The van der Waals surface area contributed by atoms with Crippen molar-refractivity contribution in [3.8, 4) is 0 Å². The maximum Gasteiger partial charge on any atom is 0.317 e. The van der Waals surface area contributed by atoms with E-state index in [-0.39, 0.29) is 12.5 Å². The van der Waals surface area contributed by atoms with Crippen LogP contribution in [0.2, 0.25) is 0 Å². The van der Waals surface area contributed by atoms with Crippen LogP contribution in [0.4, 0.5) is 0 Å². The lowest BCUT2D eigenvalue weighted by atomic mass is 9.80. The summed E-state index contributed by atoms with van der Waals surface area (Å²) in [4.78, 5) is 23.3. The number of carbonyl (C=O) groups is 2. The molecule has 0 spiro atoms. The summed E-state index contributed by atoms with van der Waals surface area (Å²) in [6.07, 6.45) is -0.911. The molecule has 0 aromatic heterocycles. The molecule has 0 aromatic carbocycles. The second-order valence-corrected chi connectivity index (χ2v) is 5.79. The van der Waals surface area contributed by atoms with Gasteiger partial charge in [-0.05, 0) is 27.7 Å². The highest BCUT2D eigenvalue weighted by Crippen LogP contribution is 2.40. The van der Waals surface area contributed by atoms with E-state index in [0.717, 1.165) is 0 Å². The van der Waals surface area contributed by atoms with E-state index in [1.54, 1.807) is 34.6 Å². The second-order valence-electron chi connectivity index (χ2n) is 5.79. The van der Waals surface area contributed by atoms with Crippen LogP contribution < -0.4 is 0 Å². The van der Waals surface area contributed by atoms with Gasteiger partial charge >= 0.3 is 11.9 Å². The highest BCUT2D eigenvalue weighted by Gasteiger charge is 2.53. The van der Waals surface area contributed by atoms with Gasteiger partial charge in [-0.25, -0.2) is 0 Å². The van der Waals surface area contributed by atoms with Crippen molar-refractivity contribution in [2.75, 3.05) is 6.61 Å². The smallest absolute Gasteiger partial charge is 0.317 e. The first-order valence-corrected chi connectivity index (χ1v) is 5.66. The second kappa shape index (κ2) is 4.29. The molecule has 0 aliphatic carbocycles. The van der Waals surface area contributed by atoms with Gasteiger partial charge in [-0.3, -0.25) is 9.59 Å². The summed E-state index contributed by atoms with van der Waals surface area (Å²) < 4.78 is 10.2. The third kappa shape index (κ3) is 2.44. The standard InChI is InChI=1S/C12H20O5/c1-7-8(16-9(14)11(2,3)4)17-10(15)12(7,5)6-13/h7-8,13H,6H2,1-5H3/t7-,8-,12-/m1/s1. The topological polar surface area (TPSA) is 72.8 Å². The zero-order valence-electron chi connectivity index (χ0n) is 10.9. The molecule has 1 saturated heterocycles. The SMILES string of the molecule is C[C@@H]1[C@H](OC(=O)C(C)(C)C)OC(=O)[C@]1(C)CO. The minimum atomic E-state index is -0.997. The normalized spacial score (nSPS) is 33.4. The van der Waals surface area contributed by atoms with Gasteiger partial charge in [-0.2, -0.15) is 0 Å². The summed E-state index contributed by atoms with van der Waals surface area (Å²) in [6.45, 7) is 8.18. The molecule has 17 heavy (non-hydrogen) atoms. The van der Waals surface area contributed by atoms with Crippen molar-refractivity contribution in [1.29, 1.82) is 0 Å². The summed E-state index contributed by atoms with van der Waals surface area (Å²) >= 11 is 0. The predicted molar refractivity (Wildman–Crippen MR) is 59.8 cm³/mol. The molecular formula is C12H20O5. The van der Waals surface area contributed by atoms with E-state index < -0.39 is 29.1 Å². The number of esters is 2. The fourth-order valence-corrected chi connectivity index (χ4v) is 1.45. The van der Waals surface area contributed by atoms with E-state index >= 15 is 0 Å². The summed E-state index contributed by atoms with van der Waals surface area (Å²) in [5, 5.41) is 9.24. The monoisotopic (exact) mass is 244 g/mol. The average Bonchev–Trinajstić information content (AvgIpc) is 2.42. The van der Waals surface area contributed by atoms with Gasteiger partial charge in [0.05, 0.1) is 17.4 Å². The lowest BCUT2D eigenvalue weighted by Crippen LogP contribution is -2.36. The van der Waals surface area contributed by atoms with Crippen LogP contribution in [0, 0.1) is 16.7 Å². The van der Waals surface area contributed by atoms with E-state index in [4.69, 9.17) is 9.47 Å². The number of rotatable bonds is 2. The third-order valence-electron chi connectivity index (χ3n) is 3.27. The Hall–Kier alpha value is -1.10. The highest BCUT2D eigenvalue weighted by atomic mass is 16.7. The molecule has 0 aromatic rings. The van der Waals surface area contributed by atoms with Crippen molar-refractivity contribution in [2.45, 2.75) is 40.9 Å². The quantitative estimate of drug-likeness (QED) is 0.736. The summed E-state index contributed by atoms with van der Waals surface area (Å²) in [5.74, 6) is -1.32. The molecule has 0 radical (unpaired) electrons. The summed E-state index contributed by atoms with van der Waals surface area (Å²) in [6, 6.07) is 0. The lowest BCUT2D eigenvalue weighted by Gasteiger charge is -2.25. The fourth-order valence-electron chi connectivity index (χ4n) is 1.45. The maximum absolute atomic E-state index is 11.7. The first-order valence-electron chi connectivity index (χ1n) is 5.66. The molecule has 1 fully saturated rings. The molecule has 1 rings (SSSR count). The molecule has 5 heteroatoms. The van der Waals surface area contributed by atoms with Gasteiger partial charge in [-0.15, -0.1) is 0 Å². The van der Waals surface area contributed by atoms with Crippen molar-refractivity contribution >= 4 is 11.9 Å². The van der Waals surface area contributed by atoms with Gasteiger partial charge in [0, 0.05) is 5.92 Å². The van der Waals surface area contributed by atoms with Crippen LogP contribution in [0.25, 0.3) is 0 Å². The van der Waals surface area contributed by atoms with Crippen molar-refractivity contribution < 1.29 is 24.2 Å². The number of hydrogen-bond donors (Lipinski definition) is 1. The molecule has 1 aliphatic rings. The molecule has 98 valence electrons. The molecule has 0 saturated carbocycles. The lowest BCUT2D eigenvalue weighted by molar-refractivity contribution is -0.188. The Morgan fingerprint density at radius 1 is 1.53 bits per heavy atom. The minimum absolute atomic E-state index is 0.323. The number of ether oxygens (including phenoxy) is 2. The fraction of sp³-hybridized carbons (Fsp3) is 0.833. The molecule has 3 atom stereocenters. The van der Waals surface area contributed by atoms with Crippen LogP contribution in [-0.4, -0.2) is 29.9 Å². The molecule has 1 aliphatic heterocycles. The first-order chi connectivity index (χ1) is 7.63. The predicted octanol–water partition coefficient (Wildman–Crippen LogP) is 1.09. The summed E-state index contributed by atoms with van der Waals surface area (Å²) in [7, 11) is 0. The van der Waals surface area contributed by atoms with Gasteiger partial charge in [0.15, 0.2) is 0 Å². The van der Waals surface area contributed by atoms with E-state index in [1.165, 1.54) is 0 Å². The zero-order chi connectivity index (χ0) is 13.4. The Morgan fingerprint density at radius 2 is 2.06 bits per heavy atom. The van der Waals surface area contributed by atoms with Crippen molar-refractivity contribution in [1.82, 2.24) is 0 Å². The van der Waals surface area contributed by atoms with Crippen molar-refractivity contribution in [3.63, 3.8) is 0 Å². The Labute approximate surface area is 101 Å². The number of aliphatic hydroxyl groups is 1. The van der Waals surface area contributed by atoms with E-state index in [1.807, 2.05) is 0 Å². The van der Waals surface area contributed by atoms with Crippen LogP contribution in [0.5, 0.6) is 0 Å². The van der Waals surface area contributed by atoms with E-state index in [0.29, 0.717) is 0 Å². The van der Waals surface area contributed by atoms with Crippen molar-refractivity contribution in [3.05, 3.63) is 0 Å². The van der Waals surface area contributed by atoms with Crippen LogP contribution in [-0.2, 0) is 19.1 Å². The van der Waals surface area contributed by atoms with Gasteiger partial charge in [-0.1, -0.05) is 6.92 Å². The molecule has 0 bridgehead atoms. The maximum atomic E-state index is 11.7. The Kier molecular flexibility index (Phi) is 3.52. The van der Waals surface area contributed by atoms with E-state index in [9.17, 15) is 14.7 Å². The number of aliphatic hydroxyl groups excluding tert-OH is 1. The third-order valence-corrected chi connectivity index (χ3v) is 3.27. The highest BCUT2D eigenvalue weighted by molar-refractivity contribution is 5.80. The van der Waals surface area contributed by atoms with Crippen LogP contribution in [0.1, 0.15) is 34.6 Å². The number of carbonyl (C=O) groups excluding carboxylic acids is 2.